The van der Waals surface area contributed by atoms with Crippen LogP contribution in [0.4, 0.5) is 0 Å². The van der Waals surface area contributed by atoms with Crippen molar-refractivity contribution < 1.29 is 9.15 Å². The monoisotopic (exact) mass is 334 g/mol. The Morgan fingerprint density at radius 1 is 1.42 bits per heavy atom. The first-order chi connectivity index (χ1) is 11.7. The lowest BCUT2D eigenvalue weighted by molar-refractivity contribution is 0.108. The molecule has 8 heteroatoms. The number of aliphatic imine (C=N–C) groups is 1. The maximum Gasteiger partial charge on any atom is 0.216 e. The SMILES string of the molecule is CN=C(NCCCOCC(C)C)NCc1nc(-c2ccco2)n[nH]1. The third kappa shape index (κ3) is 6.04. The number of furan rings is 1. The molecule has 2 heterocycles. The Bertz CT molecular complexity index is 606. The highest BCUT2D eigenvalue weighted by Crippen LogP contribution is 2.14. The van der Waals surface area contributed by atoms with Crippen molar-refractivity contribution in [3.05, 3.63) is 24.2 Å². The van der Waals surface area contributed by atoms with Crippen LogP contribution in [0.25, 0.3) is 11.6 Å². The molecule has 0 saturated carbocycles. The molecule has 0 aliphatic heterocycles. The number of H-pyrrole nitrogens is 1. The quantitative estimate of drug-likeness (QED) is 0.367. The Hall–Kier alpha value is -2.35. The second-order valence-corrected chi connectivity index (χ2v) is 5.76. The van der Waals surface area contributed by atoms with Crippen LogP contribution >= 0.6 is 0 Å². The van der Waals surface area contributed by atoms with Crippen LogP contribution in [0.3, 0.4) is 0 Å². The molecule has 0 atom stereocenters. The predicted molar refractivity (Wildman–Crippen MR) is 92.6 cm³/mol. The van der Waals surface area contributed by atoms with Gasteiger partial charge >= 0.3 is 0 Å². The van der Waals surface area contributed by atoms with E-state index in [4.69, 9.17) is 9.15 Å². The molecule has 2 aromatic rings. The molecule has 0 radical (unpaired) electrons. The van der Waals surface area contributed by atoms with Crippen molar-refractivity contribution in [2.75, 3.05) is 26.8 Å². The smallest absolute Gasteiger partial charge is 0.216 e. The summed E-state index contributed by atoms with van der Waals surface area (Å²) in [6, 6.07) is 3.63. The lowest BCUT2D eigenvalue weighted by Crippen LogP contribution is -2.37. The summed E-state index contributed by atoms with van der Waals surface area (Å²) in [5, 5.41) is 13.4. The van der Waals surface area contributed by atoms with Crippen LogP contribution in [-0.4, -0.2) is 47.9 Å². The maximum atomic E-state index is 5.55. The lowest BCUT2D eigenvalue weighted by Gasteiger charge is -2.11. The summed E-state index contributed by atoms with van der Waals surface area (Å²) in [5.41, 5.74) is 0. The van der Waals surface area contributed by atoms with Gasteiger partial charge in [0.25, 0.3) is 0 Å². The summed E-state index contributed by atoms with van der Waals surface area (Å²) in [7, 11) is 1.74. The summed E-state index contributed by atoms with van der Waals surface area (Å²) >= 11 is 0. The summed E-state index contributed by atoms with van der Waals surface area (Å²) in [5.74, 6) is 3.18. The lowest BCUT2D eigenvalue weighted by atomic mass is 10.2. The van der Waals surface area contributed by atoms with E-state index in [0.717, 1.165) is 32.1 Å². The molecule has 0 aliphatic carbocycles. The maximum absolute atomic E-state index is 5.55. The second-order valence-electron chi connectivity index (χ2n) is 5.76. The summed E-state index contributed by atoms with van der Waals surface area (Å²) < 4.78 is 10.8. The van der Waals surface area contributed by atoms with Gasteiger partial charge < -0.3 is 19.8 Å². The van der Waals surface area contributed by atoms with Gasteiger partial charge in [0.15, 0.2) is 11.7 Å². The molecule has 0 aliphatic rings. The summed E-state index contributed by atoms with van der Waals surface area (Å²) in [6.07, 6.45) is 2.53. The third-order valence-corrected chi connectivity index (χ3v) is 3.13. The van der Waals surface area contributed by atoms with E-state index in [0.29, 0.717) is 29.9 Å². The average Bonchev–Trinajstić information content (AvgIpc) is 3.24. The number of nitrogens with one attached hydrogen (secondary N) is 3. The van der Waals surface area contributed by atoms with Gasteiger partial charge in [0, 0.05) is 26.8 Å². The second kappa shape index (κ2) is 9.71. The van der Waals surface area contributed by atoms with E-state index in [1.54, 1.807) is 19.4 Å². The van der Waals surface area contributed by atoms with Crippen LogP contribution < -0.4 is 10.6 Å². The first-order valence-electron chi connectivity index (χ1n) is 8.16. The number of rotatable bonds is 9. The zero-order chi connectivity index (χ0) is 17.2. The zero-order valence-electron chi connectivity index (χ0n) is 14.5. The minimum Gasteiger partial charge on any atom is -0.461 e. The van der Waals surface area contributed by atoms with E-state index in [1.165, 1.54) is 0 Å². The number of ether oxygens (including phenoxy) is 1. The molecular formula is C16H26N6O2. The molecule has 2 aromatic heterocycles. The van der Waals surface area contributed by atoms with Gasteiger partial charge in [0.1, 0.15) is 5.82 Å². The number of aromatic amines is 1. The number of aromatic nitrogens is 3. The molecule has 0 bridgehead atoms. The van der Waals surface area contributed by atoms with E-state index >= 15 is 0 Å². The molecular weight excluding hydrogens is 308 g/mol. The van der Waals surface area contributed by atoms with E-state index in [-0.39, 0.29) is 0 Å². The highest BCUT2D eigenvalue weighted by atomic mass is 16.5. The van der Waals surface area contributed by atoms with Gasteiger partial charge in [-0.15, -0.1) is 5.10 Å². The zero-order valence-corrected chi connectivity index (χ0v) is 14.5. The minimum absolute atomic E-state index is 0.497. The van der Waals surface area contributed by atoms with E-state index in [2.05, 4.69) is 44.7 Å². The Labute approximate surface area is 142 Å². The van der Waals surface area contributed by atoms with Crippen LogP contribution in [0, 0.1) is 5.92 Å². The summed E-state index contributed by atoms with van der Waals surface area (Å²) in [6.45, 7) is 7.13. The van der Waals surface area contributed by atoms with Crippen LogP contribution in [0.1, 0.15) is 26.1 Å². The normalized spacial score (nSPS) is 11.9. The molecule has 0 unspecified atom stereocenters. The van der Waals surface area contributed by atoms with Crippen molar-refractivity contribution in [1.82, 2.24) is 25.8 Å². The van der Waals surface area contributed by atoms with Crippen molar-refractivity contribution in [3.63, 3.8) is 0 Å². The average molecular weight is 334 g/mol. The number of hydrogen-bond acceptors (Lipinski definition) is 5. The largest absolute Gasteiger partial charge is 0.461 e. The highest BCUT2D eigenvalue weighted by Gasteiger charge is 2.08. The Balaban J connectivity index is 1.66. The van der Waals surface area contributed by atoms with Crippen LogP contribution in [0.2, 0.25) is 0 Å². The van der Waals surface area contributed by atoms with Gasteiger partial charge in [-0.3, -0.25) is 10.1 Å². The first-order valence-corrected chi connectivity index (χ1v) is 8.16. The van der Waals surface area contributed by atoms with Gasteiger partial charge in [0.2, 0.25) is 5.82 Å². The van der Waals surface area contributed by atoms with Gasteiger partial charge in [-0.25, -0.2) is 4.98 Å². The Kier molecular flexibility index (Phi) is 7.28. The van der Waals surface area contributed by atoms with Gasteiger partial charge in [-0.1, -0.05) is 13.8 Å². The third-order valence-electron chi connectivity index (χ3n) is 3.13. The molecule has 0 aromatic carbocycles. The van der Waals surface area contributed by atoms with Crippen molar-refractivity contribution in [2.24, 2.45) is 10.9 Å². The van der Waals surface area contributed by atoms with Crippen LogP contribution in [0.5, 0.6) is 0 Å². The van der Waals surface area contributed by atoms with E-state index < -0.39 is 0 Å². The van der Waals surface area contributed by atoms with Crippen LogP contribution in [-0.2, 0) is 11.3 Å². The van der Waals surface area contributed by atoms with Crippen molar-refractivity contribution in [3.8, 4) is 11.6 Å². The van der Waals surface area contributed by atoms with Crippen LogP contribution in [0.15, 0.2) is 27.8 Å². The molecule has 2 rings (SSSR count). The topological polar surface area (TPSA) is 100 Å². The standard InChI is InChI=1S/C16H26N6O2/c1-12(2)11-23-8-5-7-18-16(17-3)19-10-14-20-15(22-21-14)13-6-4-9-24-13/h4,6,9,12H,5,7-8,10-11H2,1-3H3,(H2,17,18,19)(H,20,21,22). The minimum atomic E-state index is 0.497. The van der Waals surface area contributed by atoms with E-state index in [1.807, 2.05) is 6.07 Å². The Morgan fingerprint density at radius 2 is 2.29 bits per heavy atom. The molecule has 0 fully saturated rings. The predicted octanol–water partition coefficient (Wildman–Crippen LogP) is 1.79. The van der Waals surface area contributed by atoms with Gasteiger partial charge in [-0.05, 0) is 24.5 Å². The Morgan fingerprint density at radius 3 is 3.00 bits per heavy atom. The number of nitrogens with zero attached hydrogens (tertiary/aromatic N) is 3. The molecule has 3 N–H and O–H groups in total. The molecule has 0 amide bonds. The number of guanidine groups is 1. The van der Waals surface area contributed by atoms with Crippen molar-refractivity contribution in [2.45, 2.75) is 26.8 Å². The fourth-order valence-electron chi connectivity index (χ4n) is 1.98. The fraction of sp³-hybridized carbons (Fsp3) is 0.562. The van der Waals surface area contributed by atoms with Gasteiger partial charge in [-0.2, -0.15) is 0 Å². The molecule has 0 spiro atoms. The molecule has 24 heavy (non-hydrogen) atoms. The van der Waals surface area contributed by atoms with E-state index in [9.17, 15) is 0 Å². The molecule has 132 valence electrons. The molecule has 8 nitrogen and oxygen atoms in total. The van der Waals surface area contributed by atoms with Gasteiger partial charge in [0.05, 0.1) is 12.8 Å². The van der Waals surface area contributed by atoms with Crippen molar-refractivity contribution >= 4 is 5.96 Å². The molecule has 0 saturated heterocycles. The first kappa shape index (κ1) is 18.0. The fourth-order valence-corrected chi connectivity index (χ4v) is 1.98. The number of hydrogen-bond donors (Lipinski definition) is 3. The summed E-state index contributed by atoms with van der Waals surface area (Å²) in [4.78, 5) is 8.55. The highest BCUT2D eigenvalue weighted by molar-refractivity contribution is 5.79. The van der Waals surface area contributed by atoms with Crippen molar-refractivity contribution in [1.29, 1.82) is 0 Å².